The fraction of sp³-hybridized carbons (Fsp3) is 0.100. The zero-order chi connectivity index (χ0) is 9.10. The van der Waals surface area contributed by atoms with E-state index in [2.05, 4.69) is 10.5 Å². The van der Waals surface area contributed by atoms with E-state index in [1.165, 1.54) is 6.21 Å². The van der Waals surface area contributed by atoms with E-state index in [0.29, 0.717) is 5.57 Å². The van der Waals surface area contributed by atoms with Crippen LogP contribution in [0.25, 0.3) is 0 Å². The molecule has 0 bridgehead atoms. The second-order valence-electron chi connectivity index (χ2n) is 2.79. The van der Waals surface area contributed by atoms with Crippen molar-refractivity contribution >= 4 is 12.2 Å². The molecule has 1 aromatic carbocycles. The summed E-state index contributed by atoms with van der Waals surface area (Å²) in [6.07, 6.45) is 1.50. The van der Waals surface area contributed by atoms with Crippen molar-refractivity contribution in [2.45, 2.75) is 6.04 Å². The minimum atomic E-state index is -0.126. The summed E-state index contributed by atoms with van der Waals surface area (Å²) >= 11 is 0. The van der Waals surface area contributed by atoms with Crippen LogP contribution in [-0.4, -0.2) is 12.2 Å². The topological polar surface area (TPSA) is 41.5 Å². The van der Waals surface area contributed by atoms with Crippen LogP contribution in [0.3, 0.4) is 0 Å². The summed E-state index contributed by atoms with van der Waals surface area (Å²) in [5.41, 5.74) is 4.42. The summed E-state index contributed by atoms with van der Waals surface area (Å²) in [7, 11) is 0. The SMILES string of the molecule is O=C=C1C=NNC1c1ccccc1. The van der Waals surface area contributed by atoms with Gasteiger partial charge < -0.3 is 0 Å². The first-order valence-corrected chi connectivity index (χ1v) is 4.00. The first-order chi connectivity index (χ1) is 6.42. The minimum absolute atomic E-state index is 0.126. The Hall–Kier alpha value is -1.86. The molecule has 64 valence electrons. The van der Waals surface area contributed by atoms with Gasteiger partial charge in [0.15, 0.2) is 0 Å². The van der Waals surface area contributed by atoms with Gasteiger partial charge in [-0.25, -0.2) is 4.79 Å². The lowest BCUT2D eigenvalue weighted by Crippen LogP contribution is -2.11. The summed E-state index contributed by atoms with van der Waals surface area (Å²) < 4.78 is 0. The van der Waals surface area contributed by atoms with Gasteiger partial charge in [0.2, 0.25) is 0 Å². The van der Waals surface area contributed by atoms with E-state index in [1.807, 2.05) is 36.3 Å². The Balaban J connectivity index is 2.34. The Morgan fingerprint density at radius 1 is 1.31 bits per heavy atom. The lowest BCUT2D eigenvalue weighted by atomic mass is 10.0. The van der Waals surface area contributed by atoms with Gasteiger partial charge in [0.25, 0.3) is 0 Å². The highest BCUT2D eigenvalue weighted by molar-refractivity contribution is 5.92. The fourth-order valence-electron chi connectivity index (χ4n) is 1.31. The number of rotatable bonds is 1. The maximum Gasteiger partial charge on any atom is 0.132 e. The quantitative estimate of drug-likeness (QED) is 0.644. The van der Waals surface area contributed by atoms with Gasteiger partial charge in [-0.2, -0.15) is 5.10 Å². The molecule has 1 heterocycles. The van der Waals surface area contributed by atoms with Crippen molar-refractivity contribution in [3.05, 3.63) is 41.5 Å². The molecule has 3 heteroatoms. The number of hydrogen-bond donors (Lipinski definition) is 1. The highest BCUT2D eigenvalue weighted by Gasteiger charge is 2.19. The van der Waals surface area contributed by atoms with Crippen LogP contribution in [0.15, 0.2) is 41.0 Å². The van der Waals surface area contributed by atoms with Crippen LogP contribution in [0.4, 0.5) is 0 Å². The van der Waals surface area contributed by atoms with Crippen LogP contribution in [0.1, 0.15) is 11.6 Å². The summed E-state index contributed by atoms with van der Waals surface area (Å²) in [5, 5.41) is 3.82. The van der Waals surface area contributed by atoms with Crippen molar-refractivity contribution in [1.82, 2.24) is 5.43 Å². The van der Waals surface area contributed by atoms with Crippen molar-refractivity contribution in [1.29, 1.82) is 0 Å². The third-order valence-corrected chi connectivity index (χ3v) is 1.97. The van der Waals surface area contributed by atoms with E-state index in [0.717, 1.165) is 5.56 Å². The molecular formula is C10H8N2O. The van der Waals surface area contributed by atoms with E-state index in [4.69, 9.17) is 0 Å². The molecule has 1 N–H and O–H groups in total. The van der Waals surface area contributed by atoms with E-state index < -0.39 is 0 Å². The molecule has 0 saturated carbocycles. The Bertz CT molecular complexity index is 377. The first kappa shape index (κ1) is 7.77. The zero-order valence-corrected chi connectivity index (χ0v) is 6.90. The average molecular weight is 172 g/mol. The Labute approximate surface area is 75.8 Å². The van der Waals surface area contributed by atoms with Crippen LogP contribution >= 0.6 is 0 Å². The Morgan fingerprint density at radius 3 is 2.77 bits per heavy atom. The fourth-order valence-corrected chi connectivity index (χ4v) is 1.31. The maximum atomic E-state index is 10.5. The number of benzene rings is 1. The molecule has 1 unspecified atom stereocenters. The summed E-state index contributed by atoms with van der Waals surface area (Å²) in [6.45, 7) is 0. The molecule has 13 heavy (non-hydrogen) atoms. The van der Waals surface area contributed by atoms with Gasteiger partial charge in [-0.3, -0.25) is 5.43 Å². The van der Waals surface area contributed by atoms with Gasteiger partial charge in [-0.1, -0.05) is 30.3 Å². The molecule has 3 nitrogen and oxygen atoms in total. The monoisotopic (exact) mass is 172 g/mol. The Kier molecular flexibility index (Phi) is 1.94. The standard InChI is InChI=1S/C10H8N2O/c13-7-9-6-11-12-10(9)8-4-2-1-3-5-8/h1-6,10,12H. The van der Waals surface area contributed by atoms with Gasteiger partial charge in [0.05, 0.1) is 11.8 Å². The molecule has 0 spiro atoms. The number of hydrazone groups is 1. The van der Waals surface area contributed by atoms with Crippen LogP contribution in [0.5, 0.6) is 0 Å². The normalized spacial score (nSPS) is 19.7. The van der Waals surface area contributed by atoms with Crippen molar-refractivity contribution in [2.24, 2.45) is 5.10 Å². The molecule has 1 aliphatic heterocycles. The molecule has 2 rings (SSSR count). The van der Waals surface area contributed by atoms with Gasteiger partial charge in [0, 0.05) is 0 Å². The summed E-state index contributed by atoms with van der Waals surface area (Å²) in [4.78, 5) is 10.5. The molecular weight excluding hydrogens is 164 g/mol. The summed E-state index contributed by atoms with van der Waals surface area (Å²) in [6, 6.07) is 9.56. The predicted molar refractivity (Wildman–Crippen MR) is 50.0 cm³/mol. The second-order valence-corrected chi connectivity index (χ2v) is 2.79. The van der Waals surface area contributed by atoms with Gasteiger partial charge in [-0.05, 0) is 5.56 Å². The molecule has 0 saturated heterocycles. The third kappa shape index (κ3) is 1.37. The lowest BCUT2D eigenvalue weighted by molar-refractivity contribution is 0.564. The predicted octanol–water partition coefficient (Wildman–Crippen LogP) is 1.07. The van der Waals surface area contributed by atoms with E-state index >= 15 is 0 Å². The van der Waals surface area contributed by atoms with Crippen molar-refractivity contribution in [3.63, 3.8) is 0 Å². The van der Waals surface area contributed by atoms with Gasteiger partial charge >= 0.3 is 0 Å². The molecule has 1 aromatic rings. The highest BCUT2D eigenvalue weighted by atomic mass is 16.1. The number of nitrogens with zero attached hydrogens (tertiary/aromatic N) is 1. The number of hydrogen-bond acceptors (Lipinski definition) is 3. The summed E-state index contributed by atoms with van der Waals surface area (Å²) in [5.74, 6) is 1.87. The molecule has 1 aliphatic rings. The smallest absolute Gasteiger partial charge is 0.132 e. The molecule has 0 aromatic heterocycles. The molecule has 0 radical (unpaired) electrons. The highest BCUT2D eigenvalue weighted by Crippen LogP contribution is 2.21. The first-order valence-electron chi connectivity index (χ1n) is 4.00. The van der Waals surface area contributed by atoms with E-state index in [1.54, 1.807) is 0 Å². The molecule has 0 aliphatic carbocycles. The second kappa shape index (κ2) is 3.25. The number of nitrogens with one attached hydrogen (secondary N) is 1. The van der Waals surface area contributed by atoms with Crippen molar-refractivity contribution in [3.8, 4) is 0 Å². The lowest BCUT2D eigenvalue weighted by Gasteiger charge is -2.08. The largest absolute Gasteiger partial charge is 0.297 e. The third-order valence-electron chi connectivity index (χ3n) is 1.97. The molecule has 1 atom stereocenters. The van der Waals surface area contributed by atoms with Crippen LogP contribution in [-0.2, 0) is 4.79 Å². The van der Waals surface area contributed by atoms with E-state index in [9.17, 15) is 4.79 Å². The van der Waals surface area contributed by atoms with Gasteiger partial charge in [0.1, 0.15) is 12.0 Å². The Morgan fingerprint density at radius 2 is 2.08 bits per heavy atom. The van der Waals surface area contributed by atoms with Gasteiger partial charge in [-0.15, -0.1) is 0 Å². The maximum absolute atomic E-state index is 10.5. The molecule has 0 fully saturated rings. The van der Waals surface area contributed by atoms with Crippen molar-refractivity contribution in [2.75, 3.05) is 0 Å². The minimum Gasteiger partial charge on any atom is -0.297 e. The van der Waals surface area contributed by atoms with Crippen LogP contribution in [0, 0.1) is 0 Å². The zero-order valence-electron chi connectivity index (χ0n) is 6.90. The van der Waals surface area contributed by atoms with Crippen LogP contribution < -0.4 is 5.43 Å². The number of carbonyl (C=O) groups excluding carboxylic acids is 1. The van der Waals surface area contributed by atoms with Crippen LogP contribution in [0.2, 0.25) is 0 Å². The van der Waals surface area contributed by atoms with Crippen molar-refractivity contribution < 1.29 is 4.79 Å². The molecule has 0 amide bonds. The van der Waals surface area contributed by atoms with E-state index in [-0.39, 0.29) is 6.04 Å². The average Bonchev–Trinajstić information content (AvgIpc) is 2.67.